The Hall–Kier alpha value is -1.29. The Morgan fingerprint density at radius 3 is 2.87 bits per heavy atom. The van der Waals surface area contributed by atoms with Crippen LogP contribution in [0.4, 0.5) is 11.5 Å². The molecule has 15 heavy (non-hydrogen) atoms. The summed E-state index contributed by atoms with van der Waals surface area (Å²) in [4.78, 5) is 4.13. The normalized spacial score (nSPS) is 19.0. The average Bonchev–Trinajstić information content (AvgIpc) is 2.63. The van der Waals surface area contributed by atoms with E-state index in [0.29, 0.717) is 12.2 Å². The van der Waals surface area contributed by atoms with Gasteiger partial charge in [0.2, 0.25) is 0 Å². The van der Waals surface area contributed by atoms with Crippen LogP contribution in [0, 0.1) is 0 Å². The largest absolute Gasteiger partial charge is 0.399 e. The molecule has 4 N–H and O–H groups in total. The summed E-state index contributed by atoms with van der Waals surface area (Å²) >= 11 is 0. The number of aromatic nitrogens is 1. The molecule has 0 atom stereocenters. The van der Waals surface area contributed by atoms with E-state index < -0.39 is 5.60 Å². The van der Waals surface area contributed by atoms with Crippen LogP contribution in [0.1, 0.15) is 25.7 Å². The smallest absolute Gasteiger partial charge is 0.128 e. The Labute approximate surface area is 89.5 Å². The number of anilines is 2. The molecule has 4 nitrogen and oxygen atoms in total. The highest BCUT2D eigenvalue weighted by Gasteiger charge is 2.30. The summed E-state index contributed by atoms with van der Waals surface area (Å²) in [7, 11) is 0. The second-order valence-electron chi connectivity index (χ2n) is 4.26. The van der Waals surface area contributed by atoms with Crippen LogP contribution in [0.25, 0.3) is 0 Å². The summed E-state index contributed by atoms with van der Waals surface area (Å²) in [5, 5.41) is 13.2. The van der Waals surface area contributed by atoms with Crippen molar-refractivity contribution in [2.45, 2.75) is 31.3 Å². The van der Waals surface area contributed by atoms with E-state index in [4.69, 9.17) is 5.73 Å². The van der Waals surface area contributed by atoms with E-state index in [1.54, 1.807) is 18.3 Å². The van der Waals surface area contributed by atoms with Crippen LogP contribution in [0.15, 0.2) is 18.3 Å². The molecule has 1 aliphatic carbocycles. The zero-order chi connectivity index (χ0) is 10.7. The molecule has 1 aromatic rings. The van der Waals surface area contributed by atoms with Gasteiger partial charge in [-0.3, -0.25) is 0 Å². The fourth-order valence-corrected chi connectivity index (χ4v) is 2.01. The third-order valence-corrected chi connectivity index (χ3v) is 2.92. The zero-order valence-corrected chi connectivity index (χ0v) is 8.74. The van der Waals surface area contributed by atoms with Gasteiger partial charge in [-0.1, -0.05) is 12.8 Å². The van der Waals surface area contributed by atoms with Gasteiger partial charge in [0.15, 0.2) is 0 Å². The molecule has 82 valence electrons. The van der Waals surface area contributed by atoms with Gasteiger partial charge in [0.1, 0.15) is 5.82 Å². The highest BCUT2D eigenvalue weighted by molar-refractivity contribution is 5.48. The van der Waals surface area contributed by atoms with Crippen molar-refractivity contribution in [3.63, 3.8) is 0 Å². The molecule has 2 rings (SSSR count). The van der Waals surface area contributed by atoms with E-state index in [-0.39, 0.29) is 0 Å². The molecule has 1 aromatic heterocycles. The highest BCUT2D eigenvalue weighted by atomic mass is 16.3. The van der Waals surface area contributed by atoms with Crippen LogP contribution < -0.4 is 11.1 Å². The van der Waals surface area contributed by atoms with Gasteiger partial charge < -0.3 is 16.2 Å². The van der Waals surface area contributed by atoms with E-state index in [1.807, 2.05) is 0 Å². The molecule has 4 heteroatoms. The Balaban J connectivity index is 1.92. The van der Waals surface area contributed by atoms with E-state index in [2.05, 4.69) is 10.3 Å². The third-order valence-electron chi connectivity index (χ3n) is 2.92. The van der Waals surface area contributed by atoms with Gasteiger partial charge in [0.05, 0.1) is 5.60 Å². The number of rotatable bonds is 3. The van der Waals surface area contributed by atoms with Gasteiger partial charge in [-0.2, -0.15) is 0 Å². The second-order valence-corrected chi connectivity index (χ2v) is 4.26. The standard InChI is InChI=1S/C11H17N3O/c12-9-3-6-13-10(7-9)14-8-11(15)4-1-2-5-11/h3,6-7,15H,1-2,4-5,8H2,(H3,12,13,14). The van der Waals surface area contributed by atoms with Crippen molar-refractivity contribution in [3.05, 3.63) is 18.3 Å². The van der Waals surface area contributed by atoms with Crippen molar-refractivity contribution in [2.24, 2.45) is 0 Å². The summed E-state index contributed by atoms with van der Waals surface area (Å²) in [6, 6.07) is 3.52. The molecule has 1 heterocycles. The van der Waals surface area contributed by atoms with Gasteiger partial charge in [-0.05, 0) is 18.9 Å². The summed E-state index contributed by atoms with van der Waals surface area (Å²) in [6.45, 7) is 0.559. The van der Waals surface area contributed by atoms with Crippen molar-refractivity contribution in [2.75, 3.05) is 17.6 Å². The molecule has 0 aliphatic heterocycles. The molecule has 0 bridgehead atoms. The molecule has 1 aliphatic rings. The Bertz CT molecular complexity index is 334. The molecule has 1 saturated carbocycles. The molecular weight excluding hydrogens is 190 g/mol. The summed E-state index contributed by atoms with van der Waals surface area (Å²) in [6.07, 6.45) is 5.64. The first-order valence-corrected chi connectivity index (χ1v) is 5.36. The molecule has 0 amide bonds. The van der Waals surface area contributed by atoms with Crippen LogP contribution in [-0.2, 0) is 0 Å². The first kappa shape index (κ1) is 10.2. The Kier molecular flexibility index (Phi) is 2.77. The molecule has 0 saturated heterocycles. The van der Waals surface area contributed by atoms with Crippen LogP contribution in [0.2, 0.25) is 0 Å². The fourth-order valence-electron chi connectivity index (χ4n) is 2.01. The molecule has 1 fully saturated rings. The highest BCUT2D eigenvalue weighted by Crippen LogP contribution is 2.29. The van der Waals surface area contributed by atoms with Crippen molar-refractivity contribution < 1.29 is 5.11 Å². The second kappa shape index (κ2) is 4.06. The lowest BCUT2D eigenvalue weighted by molar-refractivity contribution is 0.0614. The molecular formula is C11H17N3O. The quantitative estimate of drug-likeness (QED) is 0.700. The maximum absolute atomic E-state index is 10.1. The number of nitrogens with zero attached hydrogens (tertiary/aromatic N) is 1. The first-order chi connectivity index (χ1) is 7.18. The summed E-state index contributed by atoms with van der Waals surface area (Å²) in [5.41, 5.74) is 5.77. The zero-order valence-electron chi connectivity index (χ0n) is 8.74. The number of nitrogens with two attached hydrogens (primary N) is 1. The predicted octanol–water partition coefficient (Wildman–Crippen LogP) is 1.38. The monoisotopic (exact) mass is 207 g/mol. The molecule has 0 spiro atoms. The fraction of sp³-hybridized carbons (Fsp3) is 0.545. The lowest BCUT2D eigenvalue weighted by Crippen LogP contribution is -2.33. The summed E-state index contributed by atoms with van der Waals surface area (Å²) in [5.74, 6) is 0.732. The van der Waals surface area contributed by atoms with Gasteiger partial charge in [0.25, 0.3) is 0 Å². The minimum atomic E-state index is -0.549. The van der Waals surface area contributed by atoms with Crippen LogP contribution in [-0.4, -0.2) is 22.2 Å². The third kappa shape index (κ3) is 2.59. The van der Waals surface area contributed by atoms with E-state index in [0.717, 1.165) is 31.5 Å². The number of hydrogen-bond acceptors (Lipinski definition) is 4. The predicted molar refractivity (Wildman–Crippen MR) is 60.6 cm³/mol. The van der Waals surface area contributed by atoms with E-state index in [1.165, 1.54) is 0 Å². The van der Waals surface area contributed by atoms with Crippen molar-refractivity contribution in [1.82, 2.24) is 4.98 Å². The Morgan fingerprint density at radius 2 is 2.20 bits per heavy atom. The van der Waals surface area contributed by atoms with Gasteiger partial charge in [0, 0.05) is 24.5 Å². The van der Waals surface area contributed by atoms with Crippen LogP contribution in [0.5, 0.6) is 0 Å². The lowest BCUT2D eigenvalue weighted by Gasteiger charge is -2.22. The molecule has 0 radical (unpaired) electrons. The Morgan fingerprint density at radius 1 is 1.47 bits per heavy atom. The number of pyridine rings is 1. The topological polar surface area (TPSA) is 71.2 Å². The van der Waals surface area contributed by atoms with Gasteiger partial charge in [-0.25, -0.2) is 4.98 Å². The van der Waals surface area contributed by atoms with Crippen molar-refractivity contribution >= 4 is 11.5 Å². The summed E-state index contributed by atoms with van der Waals surface area (Å²) < 4.78 is 0. The van der Waals surface area contributed by atoms with Crippen LogP contribution >= 0.6 is 0 Å². The van der Waals surface area contributed by atoms with Gasteiger partial charge >= 0.3 is 0 Å². The maximum Gasteiger partial charge on any atom is 0.128 e. The van der Waals surface area contributed by atoms with Crippen LogP contribution in [0.3, 0.4) is 0 Å². The minimum absolute atomic E-state index is 0.549. The van der Waals surface area contributed by atoms with E-state index >= 15 is 0 Å². The number of aliphatic hydroxyl groups is 1. The number of nitrogen functional groups attached to an aromatic ring is 1. The van der Waals surface area contributed by atoms with Gasteiger partial charge in [-0.15, -0.1) is 0 Å². The maximum atomic E-state index is 10.1. The average molecular weight is 207 g/mol. The van der Waals surface area contributed by atoms with E-state index in [9.17, 15) is 5.11 Å². The SMILES string of the molecule is Nc1ccnc(NCC2(O)CCCC2)c1. The molecule has 0 aromatic carbocycles. The molecule has 0 unspecified atom stereocenters. The van der Waals surface area contributed by atoms with Crippen molar-refractivity contribution in [1.29, 1.82) is 0 Å². The van der Waals surface area contributed by atoms with Crippen molar-refractivity contribution in [3.8, 4) is 0 Å². The number of nitrogens with one attached hydrogen (secondary N) is 1. The number of hydrogen-bond donors (Lipinski definition) is 3. The minimum Gasteiger partial charge on any atom is -0.399 e. The first-order valence-electron chi connectivity index (χ1n) is 5.36. The lowest BCUT2D eigenvalue weighted by atomic mass is 10.0.